The summed E-state index contributed by atoms with van der Waals surface area (Å²) in [6.45, 7) is 6.27. The molecule has 1 aliphatic rings. The van der Waals surface area contributed by atoms with Gasteiger partial charge in [-0.15, -0.1) is 0 Å². The van der Waals surface area contributed by atoms with E-state index in [-0.39, 0.29) is 18.0 Å². The monoisotopic (exact) mass is 400 g/mol. The Labute approximate surface area is 161 Å². The van der Waals surface area contributed by atoms with Crippen LogP contribution in [-0.2, 0) is 19.6 Å². The van der Waals surface area contributed by atoms with Crippen molar-refractivity contribution in [1.29, 1.82) is 0 Å². The van der Waals surface area contributed by atoms with Gasteiger partial charge in [-0.3, -0.25) is 4.79 Å². The zero-order valence-electron chi connectivity index (χ0n) is 16.5. The number of fused-ring (bicyclic) bond motifs is 1. The van der Waals surface area contributed by atoms with E-state index in [0.717, 1.165) is 4.31 Å². The summed E-state index contributed by atoms with van der Waals surface area (Å²) in [5, 5.41) is 0. The van der Waals surface area contributed by atoms with Gasteiger partial charge in [0.2, 0.25) is 10.0 Å². The molecule has 0 amide bonds. The van der Waals surface area contributed by atoms with Crippen LogP contribution in [0.4, 0.5) is 0 Å². The van der Waals surface area contributed by atoms with Crippen LogP contribution in [-0.4, -0.2) is 76.1 Å². The standard InChI is InChI=1S/C18H28N2O6S/c1-18(2,3)26-17(21)13-20(9-8-19(4)5)27(22,23)14-6-7-15-16(12-14)25-11-10-24-15/h6-7,12H,8-11,13H2,1-5H3. The molecule has 27 heavy (non-hydrogen) atoms. The van der Waals surface area contributed by atoms with Crippen molar-refractivity contribution in [2.75, 3.05) is 46.9 Å². The lowest BCUT2D eigenvalue weighted by molar-refractivity contribution is -0.155. The van der Waals surface area contributed by atoms with Crippen LogP contribution >= 0.6 is 0 Å². The van der Waals surface area contributed by atoms with Crippen LogP contribution in [0, 0.1) is 0 Å². The first kappa shape index (κ1) is 21.5. The van der Waals surface area contributed by atoms with Gasteiger partial charge in [-0.1, -0.05) is 0 Å². The predicted octanol–water partition coefficient (Wildman–Crippen LogP) is 1.35. The largest absolute Gasteiger partial charge is 0.486 e. The number of sulfonamides is 1. The van der Waals surface area contributed by atoms with Crippen LogP contribution in [0.3, 0.4) is 0 Å². The van der Waals surface area contributed by atoms with E-state index in [4.69, 9.17) is 14.2 Å². The van der Waals surface area contributed by atoms with Crippen molar-refractivity contribution in [3.63, 3.8) is 0 Å². The second-order valence-corrected chi connectivity index (χ2v) is 9.47. The summed E-state index contributed by atoms with van der Waals surface area (Å²) in [5.41, 5.74) is -0.689. The Bertz CT molecular complexity index is 771. The topological polar surface area (TPSA) is 85.4 Å². The number of nitrogens with zero attached hydrogens (tertiary/aromatic N) is 2. The highest BCUT2D eigenvalue weighted by atomic mass is 32.2. The van der Waals surface area contributed by atoms with Crippen molar-refractivity contribution >= 4 is 16.0 Å². The number of benzene rings is 1. The summed E-state index contributed by atoms with van der Waals surface area (Å²) < 4.78 is 43.6. The molecular weight excluding hydrogens is 372 g/mol. The third-order valence-electron chi connectivity index (χ3n) is 3.67. The van der Waals surface area contributed by atoms with Crippen molar-refractivity contribution in [3.05, 3.63) is 18.2 Å². The fourth-order valence-electron chi connectivity index (χ4n) is 2.45. The number of carbonyl (C=O) groups is 1. The maximum atomic E-state index is 13.1. The molecule has 1 aromatic rings. The molecule has 8 nitrogen and oxygen atoms in total. The Kier molecular flexibility index (Phi) is 6.72. The van der Waals surface area contributed by atoms with Crippen LogP contribution in [0.15, 0.2) is 23.1 Å². The van der Waals surface area contributed by atoms with Gasteiger partial charge in [0.25, 0.3) is 0 Å². The second kappa shape index (κ2) is 8.45. The Balaban J connectivity index is 2.27. The molecule has 1 heterocycles. The average molecular weight is 400 g/mol. The molecule has 0 bridgehead atoms. The number of esters is 1. The second-order valence-electron chi connectivity index (χ2n) is 7.53. The van der Waals surface area contributed by atoms with Crippen molar-refractivity contribution in [2.24, 2.45) is 0 Å². The molecule has 2 rings (SSSR count). The van der Waals surface area contributed by atoms with E-state index < -0.39 is 21.6 Å². The van der Waals surface area contributed by atoms with Crippen LogP contribution in [0.2, 0.25) is 0 Å². The van der Waals surface area contributed by atoms with E-state index in [1.807, 2.05) is 19.0 Å². The maximum Gasteiger partial charge on any atom is 0.321 e. The number of hydrogen-bond donors (Lipinski definition) is 0. The van der Waals surface area contributed by atoms with Gasteiger partial charge in [-0.2, -0.15) is 4.31 Å². The van der Waals surface area contributed by atoms with Crippen LogP contribution in [0.5, 0.6) is 11.5 Å². The molecule has 1 aliphatic heterocycles. The van der Waals surface area contributed by atoms with Gasteiger partial charge >= 0.3 is 5.97 Å². The van der Waals surface area contributed by atoms with Gasteiger partial charge in [-0.05, 0) is 47.0 Å². The van der Waals surface area contributed by atoms with Crippen molar-refractivity contribution in [2.45, 2.75) is 31.3 Å². The summed E-state index contributed by atoms with van der Waals surface area (Å²) >= 11 is 0. The van der Waals surface area contributed by atoms with E-state index in [0.29, 0.717) is 31.3 Å². The maximum absolute atomic E-state index is 13.1. The number of carbonyl (C=O) groups excluding carboxylic acids is 1. The molecule has 152 valence electrons. The highest BCUT2D eigenvalue weighted by Crippen LogP contribution is 2.33. The van der Waals surface area contributed by atoms with Crippen molar-refractivity contribution in [1.82, 2.24) is 9.21 Å². The number of hydrogen-bond acceptors (Lipinski definition) is 7. The third kappa shape index (κ3) is 6.08. The van der Waals surface area contributed by atoms with Gasteiger partial charge in [0, 0.05) is 19.2 Å². The molecule has 0 saturated carbocycles. The highest BCUT2D eigenvalue weighted by Gasteiger charge is 2.30. The summed E-state index contributed by atoms with van der Waals surface area (Å²) in [6, 6.07) is 4.46. The molecule has 0 unspecified atom stereocenters. The first-order valence-electron chi connectivity index (χ1n) is 8.75. The minimum absolute atomic E-state index is 0.0501. The minimum atomic E-state index is -3.91. The Hall–Kier alpha value is -1.84. The highest BCUT2D eigenvalue weighted by molar-refractivity contribution is 7.89. The third-order valence-corrected chi connectivity index (χ3v) is 5.51. The summed E-state index contributed by atoms with van der Waals surface area (Å²) in [7, 11) is -0.239. The Morgan fingerprint density at radius 3 is 2.33 bits per heavy atom. The van der Waals surface area contributed by atoms with Crippen molar-refractivity contribution in [3.8, 4) is 11.5 Å². The van der Waals surface area contributed by atoms with Gasteiger partial charge in [0.1, 0.15) is 25.4 Å². The molecule has 0 radical (unpaired) electrons. The van der Waals surface area contributed by atoms with Gasteiger partial charge in [0.15, 0.2) is 11.5 Å². The number of ether oxygens (including phenoxy) is 3. The lowest BCUT2D eigenvalue weighted by Crippen LogP contribution is -2.42. The van der Waals surface area contributed by atoms with Crippen molar-refractivity contribution < 1.29 is 27.4 Å². The van der Waals surface area contributed by atoms with Crippen LogP contribution < -0.4 is 9.47 Å². The normalized spacial score (nSPS) is 14.5. The van der Waals surface area contributed by atoms with Gasteiger partial charge < -0.3 is 19.1 Å². The quantitative estimate of drug-likeness (QED) is 0.639. The summed E-state index contributed by atoms with van der Waals surface area (Å²) in [5.74, 6) is 0.293. The zero-order chi connectivity index (χ0) is 20.2. The fraction of sp³-hybridized carbons (Fsp3) is 0.611. The Morgan fingerprint density at radius 2 is 1.74 bits per heavy atom. The van der Waals surface area contributed by atoms with Gasteiger partial charge in [-0.25, -0.2) is 8.42 Å². The van der Waals surface area contributed by atoms with E-state index in [9.17, 15) is 13.2 Å². The summed E-state index contributed by atoms with van der Waals surface area (Å²) in [6.07, 6.45) is 0. The molecule has 0 saturated heterocycles. The average Bonchev–Trinajstić information content (AvgIpc) is 2.56. The van der Waals surface area contributed by atoms with Crippen LogP contribution in [0.1, 0.15) is 20.8 Å². The molecule has 0 N–H and O–H groups in total. The summed E-state index contributed by atoms with van der Waals surface area (Å²) in [4.78, 5) is 14.1. The van der Waals surface area contributed by atoms with E-state index >= 15 is 0 Å². The first-order chi connectivity index (χ1) is 12.5. The SMILES string of the molecule is CN(C)CCN(CC(=O)OC(C)(C)C)S(=O)(=O)c1ccc2c(c1)OCCO2. The molecule has 0 spiro atoms. The molecular formula is C18H28N2O6S. The van der Waals surface area contributed by atoms with E-state index in [1.54, 1.807) is 26.8 Å². The number of rotatable bonds is 7. The number of likely N-dealkylation sites (N-methyl/N-ethyl adjacent to an activating group) is 1. The molecule has 1 aromatic carbocycles. The van der Waals surface area contributed by atoms with E-state index in [1.165, 1.54) is 12.1 Å². The molecule has 9 heteroatoms. The lowest BCUT2D eigenvalue weighted by Gasteiger charge is -2.26. The Morgan fingerprint density at radius 1 is 1.11 bits per heavy atom. The minimum Gasteiger partial charge on any atom is -0.486 e. The smallest absolute Gasteiger partial charge is 0.321 e. The fourth-order valence-corrected chi connectivity index (χ4v) is 3.84. The molecule has 0 fully saturated rings. The first-order valence-corrected chi connectivity index (χ1v) is 10.2. The van der Waals surface area contributed by atoms with Crippen LogP contribution in [0.25, 0.3) is 0 Å². The predicted molar refractivity (Wildman–Crippen MR) is 101 cm³/mol. The van der Waals surface area contributed by atoms with E-state index in [2.05, 4.69) is 0 Å². The molecule has 0 atom stereocenters. The zero-order valence-corrected chi connectivity index (χ0v) is 17.3. The lowest BCUT2D eigenvalue weighted by atomic mass is 10.2. The van der Waals surface area contributed by atoms with Gasteiger partial charge in [0.05, 0.1) is 4.90 Å². The molecule has 0 aliphatic carbocycles. The molecule has 0 aromatic heterocycles.